The molecule has 0 atom stereocenters. The Labute approximate surface area is 204 Å². The Morgan fingerprint density at radius 2 is 1.59 bits per heavy atom. The first-order chi connectivity index (χ1) is 16.4. The van der Waals surface area contributed by atoms with Crippen molar-refractivity contribution in [1.29, 1.82) is 0 Å². The Morgan fingerprint density at radius 3 is 2.24 bits per heavy atom. The van der Waals surface area contributed by atoms with Gasteiger partial charge in [0, 0.05) is 49.8 Å². The number of rotatable bonds is 4. The molecular formula is C25H28FN7S. The van der Waals surface area contributed by atoms with Crippen molar-refractivity contribution in [3.05, 3.63) is 83.4 Å². The van der Waals surface area contributed by atoms with Crippen molar-refractivity contribution < 1.29 is 4.39 Å². The third-order valence-electron chi connectivity index (χ3n) is 5.43. The zero-order chi connectivity index (χ0) is 23.9. The highest BCUT2D eigenvalue weighted by Crippen LogP contribution is 2.13. The standard InChI is InChI=1S/C25H28FN7S/c1-18-16-19(2)28-23(27-18)30-24(31-25(34)29-22-10-8-21(26)9-11-22)33-14-12-32(13-15-33)17-20-6-4-3-5-7-20/h3-11,16H,12-15,17H2,1-2H3,(H2,27,28,29,30,31,34). The number of thiocarbonyl (C=S) groups is 1. The van der Waals surface area contributed by atoms with Crippen LogP contribution in [0.1, 0.15) is 17.0 Å². The van der Waals surface area contributed by atoms with E-state index in [0.29, 0.717) is 17.6 Å². The Balaban J connectivity index is 1.48. The molecule has 1 saturated heterocycles. The molecule has 1 aliphatic heterocycles. The summed E-state index contributed by atoms with van der Waals surface area (Å²) in [6.45, 7) is 8.12. The van der Waals surface area contributed by atoms with Crippen LogP contribution >= 0.6 is 12.2 Å². The fourth-order valence-electron chi connectivity index (χ4n) is 3.80. The van der Waals surface area contributed by atoms with E-state index in [1.54, 1.807) is 12.1 Å². The maximum atomic E-state index is 13.2. The minimum absolute atomic E-state index is 0.269. The van der Waals surface area contributed by atoms with Crippen molar-refractivity contribution in [3.8, 4) is 0 Å². The Kier molecular flexibility index (Phi) is 7.76. The van der Waals surface area contributed by atoms with Crippen LogP contribution in [-0.4, -0.2) is 57.0 Å². The number of hydrogen-bond acceptors (Lipinski definition) is 4. The first kappa shape index (κ1) is 23.7. The molecule has 0 radical (unpaired) electrons. The molecule has 0 bridgehead atoms. The van der Waals surface area contributed by atoms with Crippen molar-refractivity contribution in [2.45, 2.75) is 20.4 Å². The van der Waals surface area contributed by atoms with Gasteiger partial charge in [0.25, 0.3) is 0 Å². The lowest BCUT2D eigenvalue weighted by Crippen LogP contribution is -2.50. The number of nitrogens with zero attached hydrogens (tertiary/aromatic N) is 5. The highest BCUT2D eigenvalue weighted by Gasteiger charge is 2.21. The summed E-state index contributed by atoms with van der Waals surface area (Å²) in [5, 5.41) is 6.59. The van der Waals surface area contributed by atoms with Crippen molar-refractivity contribution in [2.75, 3.05) is 36.8 Å². The molecule has 1 fully saturated rings. The minimum atomic E-state index is -0.303. The monoisotopic (exact) mass is 477 g/mol. The van der Waals surface area contributed by atoms with E-state index in [2.05, 4.69) is 59.7 Å². The first-order valence-electron chi connectivity index (χ1n) is 11.2. The van der Waals surface area contributed by atoms with Crippen molar-refractivity contribution in [2.24, 2.45) is 4.99 Å². The second kappa shape index (κ2) is 11.1. The van der Waals surface area contributed by atoms with Gasteiger partial charge in [-0.1, -0.05) is 30.3 Å². The molecule has 0 unspecified atom stereocenters. The fraction of sp³-hybridized carbons (Fsp3) is 0.280. The second-order valence-electron chi connectivity index (χ2n) is 8.22. The molecule has 0 aliphatic carbocycles. The predicted molar refractivity (Wildman–Crippen MR) is 138 cm³/mol. The first-order valence-corrected chi connectivity index (χ1v) is 11.6. The van der Waals surface area contributed by atoms with E-state index in [-0.39, 0.29) is 10.9 Å². The van der Waals surface area contributed by atoms with Gasteiger partial charge in [-0.25, -0.2) is 14.4 Å². The zero-order valence-corrected chi connectivity index (χ0v) is 20.1. The Bertz CT molecular complexity index is 1120. The van der Waals surface area contributed by atoms with Gasteiger partial charge in [0.2, 0.25) is 17.0 Å². The molecule has 1 aromatic heterocycles. The molecule has 2 heterocycles. The second-order valence-corrected chi connectivity index (χ2v) is 8.61. The van der Waals surface area contributed by atoms with E-state index in [4.69, 9.17) is 12.2 Å². The number of nitrogens with one attached hydrogen (secondary N) is 2. The number of piperazine rings is 1. The van der Waals surface area contributed by atoms with Gasteiger partial charge < -0.3 is 10.2 Å². The third-order valence-corrected chi connectivity index (χ3v) is 5.62. The minimum Gasteiger partial charge on any atom is -0.340 e. The number of benzene rings is 2. The molecule has 4 rings (SSSR count). The Hall–Kier alpha value is -3.43. The zero-order valence-electron chi connectivity index (χ0n) is 19.3. The molecule has 2 N–H and O–H groups in total. The molecule has 7 nitrogen and oxygen atoms in total. The number of guanidine groups is 1. The summed E-state index contributed by atoms with van der Waals surface area (Å²) in [7, 11) is 0. The highest BCUT2D eigenvalue weighted by molar-refractivity contribution is 7.80. The SMILES string of the molecule is Cc1cc(C)nc(N/C(=N/C(=S)Nc2ccc(F)cc2)N2CCN(Cc3ccccc3)CC2)n1. The number of aromatic nitrogens is 2. The lowest BCUT2D eigenvalue weighted by atomic mass is 10.2. The lowest BCUT2D eigenvalue weighted by molar-refractivity contribution is 0.175. The fourth-order valence-corrected chi connectivity index (χ4v) is 4.00. The summed E-state index contributed by atoms with van der Waals surface area (Å²) in [5.41, 5.74) is 3.71. The molecule has 34 heavy (non-hydrogen) atoms. The van der Waals surface area contributed by atoms with Crippen LogP contribution in [0.5, 0.6) is 0 Å². The van der Waals surface area contributed by atoms with Gasteiger partial charge in [0.05, 0.1) is 0 Å². The molecule has 1 aliphatic rings. The van der Waals surface area contributed by atoms with E-state index in [1.165, 1.54) is 17.7 Å². The van der Waals surface area contributed by atoms with Gasteiger partial charge in [-0.2, -0.15) is 4.99 Å². The average Bonchev–Trinajstić information content (AvgIpc) is 2.81. The summed E-state index contributed by atoms with van der Waals surface area (Å²) < 4.78 is 13.2. The van der Waals surface area contributed by atoms with E-state index in [0.717, 1.165) is 44.1 Å². The van der Waals surface area contributed by atoms with E-state index < -0.39 is 0 Å². The van der Waals surface area contributed by atoms with Crippen LogP contribution in [0.2, 0.25) is 0 Å². The number of hydrogen-bond donors (Lipinski definition) is 2. The van der Waals surface area contributed by atoms with Gasteiger partial charge in [-0.3, -0.25) is 10.2 Å². The summed E-state index contributed by atoms with van der Waals surface area (Å²) in [6, 6.07) is 18.4. The van der Waals surface area contributed by atoms with Gasteiger partial charge in [-0.05, 0) is 62.0 Å². The molecule has 0 amide bonds. The van der Waals surface area contributed by atoms with Crippen LogP contribution in [0.4, 0.5) is 16.0 Å². The number of aryl methyl sites for hydroxylation is 2. The van der Waals surface area contributed by atoms with Gasteiger partial charge >= 0.3 is 0 Å². The summed E-state index contributed by atoms with van der Waals surface area (Å²) in [4.78, 5) is 18.2. The predicted octanol–water partition coefficient (Wildman–Crippen LogP) is 4.22. The van der Waals surface area contributed by atoms with Crippen LogP contribution in [-0.2, 0) is 6.54 Å². The van der Waals surface area contributed by atoms with Gasteiger partial charge in [0.15, 0.2) is 0 Å². The van der Waals surface area contributed by atoms with Crippen molar-refractivity contribution in [1.82, 2.24) is 19.8 Å². The molecular weight excluding hydrogens is 449 g/mol. The van der Waals surface area contributed by atoms with E-state index in [1.807, 2.05) is 26.0 Å². The molecule has 2 aromatic carbocycles. The maximum Gasteiger partial charge on any atom is 0.229 e. The van der Waals surface area contributed by atoms with Crippen LogP contribution in [0, 0.1) is 19.7 Å². The van der Waals surface area contributed by atoms with Gasteiger partial charge in [-0.15, -0.1) is 0 Å². The van der Waals surface area contributed by atoms with Crippen LogP contribution in [0.15, 0.2) is 65.7 Å². The Morgan fingerprint density at radius 1 is 0.941 bits per heavy atom. The normalized spacial score (nSPS) is 14.7. The quantitative estimate of drug-likeness (QED) is 0.331. The highest BCUT2D eigenvalue weighted by atomic mass is 32.1. The van der Waals surface area contributed by atoms with Crippen molar-refractivity contribution >= 4 is 34.9 Å². The molecule has 176 valence electrons. The van der Waals surface area contributed by atoms with E-state index in [9.17, 15) is 4.39 Å². The number of anilines is 2. The summed E-state index contributed by atoms with van der Waals surface area (Å²) >= 11 is 5.48. The maximum absolute atomic E-state index is 13.2. The number of halogens is 1. The smallest absolute Gasteiger partial charge is 0.229 e. The molecule has 0 saturated carbocycles. The van der Waals surface area contributed by atoms with Crippen LogP contribution in [0.3, 0.4) is 0 Å². The molecule has 9 heteroatoms. The van der Waals surface area contributed by atoms with E-state index >= 15 is 0 Å². The molecule has 0 spiro atoms. The van der Waals surface area contributed by atoms with Crippen molar-refractivity contribution in [3.63, 3.8) is 0 Å². The summed E-state index contributed by atoms with van der Waals surface area (Å²) in [5.74, 6) is 0.763. The number of aliphatic imine (C=N–C) groups is 1. The lowest BCUT2D eigenvalue weighted by Gasteiger charge is -2.36. The summed E-state index contributed by atoms with van der Waals surface area (Å²) in [6.07, 6.45) is 0. The third kappa shape index (κ3) is 6.79. The topological polar surface area (TPSA) is 68.7 Å². The molecule has 3 aromatic rings. The van der Waals surface area contributed by atoms with Gasteiger partial charge in [0.1, 0.15) is 5.82 Å². The largest absolute Gasteiger partial charge is 0.340 e. The van der Waals surface area contributed by atoms with Crippen LogP contribution < -0.4 is 10.6 Å². The van der Waals surface area contributed by atoms with Crippen LogP contribution in [0.25, 0.3) is 0 Å². The average molecular weight is 478 g/mol.